The van der Waals surface area contributed by atoms with Gasteiger partial charge in [-0.25, -0.2) is 4.98 Å². The summed E-state index contributed by atoms with van der Waals surface area (Å²) in [4.78, 5) is 4.26. The number of aromatic nitrogens is 1. The summed E-state index contributed by atoms with van der Waals surface area (Å²) in [5.74, 6) is 0. The number of alkyl halides is 3. The number of rotatable bonds is 6. The minimum absolute atomic E-state index is 0.179. The second kappa shape index (κ2) is 7.04. The normalized spacial score (nSPS) is 13.3. The van der Waals surface area contributed by atoms with Gasteiger partial charge in [-0.05, 0) is 30.7 Å². The molecule has 1 unspecified atom stereocenters. The monoisotopic (exact) mass is 314 g/mol. The molecule has 1 N–H and O–H groups in total. The summed E-state index contributed by atoms with van der Waals surface area (Å²) >= 11 is 1.59. The maximum absolute atomic E-state index is 12.5. The van der Waals surface area contributed by atoms with Crippen molar-refractivity contribution in [2.24, 2.45) is 0 Å². The molecule has 21 heavy (non-hydrogen) atoms. The summed E-state index contributed by atoms with van der Waals surface area (Å²) in [7, 11) is 0. The van der Waals surface area contributed by atoms with Crippen molar-refractivity contribution in [2.75, 3.05) is 6.54 Å². The van der Waals surface area contributed by atoms with Gasteiger partial charge in [-0.3, -0.25) is 0 Å². The predicted molar refractivity (Wildman–Crippen MR) is 78.4 cm³/mol. The van der Waals surface area contributed by atoms with Gasteiger partial charge in [0.25, 0.3) is 0 Å². The minimum atomic E-state index is -4.28. The molecule has 2 rings (SSSR count). The lowest BCUT2D eigenvalue weighted by molar-refractivity contribution is -0.137. The molecule has 114 valence electrons. The van der Waals surface area contributed by atoms with Crippen molar-refractivity contribution >= 4 is 11.3 Å². The Morgan fingerprint density at radius 1 is 1.19 bits per heavy atom. The van der Waals surface area contributed by atoms with Gasteiger partial charge in [-0.1, -0.05) is 19.1 Å². The lowest BCUT2D eigenvalue weighted by Gasteiger charge is -2.17. The van der Waals surface area contributed by atoms with Crippen LogP contribution in [0.3, 0.4) is 0 Å². The quantitative estimate of drug-likeness (QED) is 0.874. The van der Waals surface area contributed by atoms with E-state index in [1.165, 1.54) is 0 Å². The van der Waals surface area contributed by atoms with Crippen molar-refractivity contribution < 1.29 is 13.2 Å². The Labute approximate surface area is 126 Å². The van der Waals surface area contributed by atoms with Crippen LogP contribution in [0.25, 0.3) is 0 Å². The van der Waals surface area contributed by atoms with Crippen LogP contribution in [0.15, 0.2) is 35.8 Å². The second-order valence-corrected chi connectivity index (χ2v) is 5.76. The van der Waals surface area contributed by atoms with E-state index in [1.807, 2.05) is 12.3 Å². The predicted octanol–water partition coefficient (Wildman–Crippen LogP) is 3.93. The second-order valence-electron chi connectivity index (χ2n) is 4.78. The molecule has 2 aromatic rings. The molecule has 1 aromatic carbocycles. The van der Waals surface area contributed by atoms with Gasteiger partial charge in [0.1, 0.15) is 0 Å². The van der Waals surface area contributed by atoms with E-state index < -0.39 is 11.7 Å². The summed E-state index contributed by atoms with van der Waals surface area (Å²) in [5.41, 5.74) is 0.289. The number of thiazole rings is 1. The summed E-state index contributed by atoms with van der Waals surface area (Å²) in [6.07, 6.45) is -1.04. The molecule has 1 atom stereocenters. The van der Waals surface area contributed by atoms with Crippen molar-refractivity contribution in [3.63, 3.8) is 0 Å². The molecule has 6 heteroatoms. The Hall–Kier alpha value is -1.40. The molecule has 0 saturated carbocycles. The Bertz CT molecular complexity index is 535. The molecule has 0 amide bonds. The molecule has 0 fully saturated rings. The molecule has 0 aliphatic carbocycles. The lowest BCUT2D eigenvalue weighted by atomic mass is 10.0. The number of halogens is 3. The van der Waals surface area contributed by atoms with Gasteiger partial charge in [-0.15, -0.1) is 11.3 Å². The van der Waals surface area contributed by atoms with Gasteiger partial charge in [0, 0.05) is 24.0 Å². The van der Waals surface area contributed by atoms with E-state index in [9.17, 15) is 13.2 Å². The summed E-state index contributed by atoms with van der Waals surface area (Å²) in [5, 5.41) is 6.32. The van der Waals surface area contributed by atoms with Crippen LogP contribution >= 0.6 is 11.3 Å². The first-order valence-electron chi connectivity index (χ1n) is 6.77. The van der Waals surface area contributed by atoms with E-state index >= 15 is 0 Å². The van der Waals surface area contributed by atoms with Crippen molar-refractivity contribution in [1.29, 1.82) is 0 Å². The fraction of sp³-hybridized carbons (Fsp3) is 0.400. The highest BCUT2D eigenvalue weighted by molar-refractivity contribution is 7.09. The van der Waals surface area contributed by atoms with Gasteiger partial charge in [0.15, 0.2) is 0 Å². The number of hydrogen-bond donors (Lipinski definition) is 1. The van der Waals surface area contributed by atoms with Crippen molar-refractivity contribution in [3.8, 4) is 0 Å². The molecule has 0 aliphatic rings. The lowest BCUT2D eigenvalue weighted by Crippen LogP contribution is -2.33. The fourth-order valence-corrected chi connectivity index (χ4v) is 2.88. The first-order chi connectivity index (χ1) is 9.99. The van der Waals surface area contributed by atoms with Crippen molar-refractivity contribution in [2.45, 2.75) is 32.0 Å². The van der Waals surface area contributed by atoms with Crippen LogP contribution in [0.2, 0.25) is 0 Å². The third kappa shape index (κ3) is 4.82. The first-order valence-corrected chi connectivity index (χ1v) is 7.65. The Kier molecular flexibility index (Phi) is 5.36. The molecule has 0 radical (unpaired) electrons. The van der Waals surface area contributed by atoms with Crippen LogP contribution in [0.4, 0.5) is 13.2 Å². The molecule has 0 saturated heterocycles. The molecule has 0 spiro atoms. The number of hydrogen-bond acceptors (Lipinski definition) is 3. The first kappa shape index (κ1) is 16.0. The molecule has 1 heterocycles. The molecular formula is C15H17F3N2S. The number of likely N-dealkylation sites (N-methyl/N-ethyl adjacent to an activating group) is 1. The van der Waals surface area contributed by atoms with Crippen molar-refractivity contribution in [3.05, 3.63) is 52.0 Å². The Morgan fingerprint density at radius 3 is 2.43 bits per heavy atom. The number of nitrogens with zero attached hydrogens (tertiary/aromatic N) is 1. The van der Waals surface area contributed by atoms with Crippen LogP contribution in [0.5, 0.6) is 0 Å². The minimum Gasteiger partial charge on any atom is -0.314 e. The van der Waals surface area contributed by atoms with Crippen LogP contribution < -0.4 is 5.32 Å². The average molecular weight is 314 g/mol. The third-order valence-electron chi connectivity index (χ3n) is 3.16. The zero-order chi connectivity index (χ0) is 15.3. The van der Waals surface area contributed by atoms with E-state index in [-0.39, 0.29) is 6.04 Å². The van der Waals surface area contributed by atoms with E-state index in [0.29, 0.717) is 6.42 Å². The maximum Gasteiger partial charge on any atom is 0.416 e. The van der Waals surface area contributed by atoms with Crippen LogP contribution in [-0.2, 0) is 19.0 Å². The molecule has 0 aliphatic heterocycles. The Morgan fingerprint density at radius 2 is 1.90 bits per heavy atom. The highest BCUT2D eigenvalue weighted by Crippen LogP contribution is 2.29. The zero-order valence-electron chi connectivity index (χ0n) is 11.7. The van der Waals surface area contributed by atoms with Crippen molar-refractivity contribution in [1.82, 2.24) is 10.3 Å². The van der Waals surface area contributed by atoms with Crippen LogP contribution in [0, 0.1) is 0 Å². The van der Waals surface area contributed by atoms with Gasteiger partial charge in [0.05, 0.1) is 10.6 Å². The van der Waals surface area contributed by atoms with E-state index in [4.69, 9.17) is 0 Å². The topological polar surface area (TPSA) is 24.9 Å². The highest BCUT2D eigenvalue weighted by atomic mass is 32.1. The number of benzene rings is 1. The number of nitrogens with one attached hydrogen (secondary N) is 1. The smallest absolute Gasteiger partial charge is 0.314 e. The van der Waals surface area contributed by atoms with Crippen LogP contribution in [-0.4, -0.2) is 17.6 Å². The fourth-order valence-electron chi connectivity index (χ4n) is 2.18. The van der Waals surface area contributed by atoms with Gasteiger partial charge in [0.2, 0.25) is 0 Å². The molecule has 2 nitrogen and oxygen atoms in total. The average Bonchev–Trinajstić information content (AvgIpc) is 2.91. The van der Waals surface area contributed by atoms with Gasteiger partial charge in [-0.2, -0.15) is 13.2 Å². The summed E-state index contributed by atoms with van der Waals surface area (Å²) in [6.45, 7) is 2.83. The van der Waals surface area contributed by atoms with Gasteiger partial charge < -0.3 is 5.32 Å². The highest BCUT2D eigenvalue weighted by Gasteiger charge is 2.29. The standard InChI is InChI=1S/C15H17F3N2S/c1-2-19-13(10-14-20-7-8-21-14)9-11-3-5-12(6-4-11)15(16,17)18/h3-8,13,19H,2,9-10H2,1H3. The largest absolute Gasteiger partial charge is 0.416 e. The summed E-state index contributed by atoms with van der Waals surface area (Å²) in [6, 6.07) is 5.56. The maximum atomic E-state index is 12.5. The molecule has 0 bridgehead atoms. The summed E-state index contributed by atoms with van der Waals surface area (Å²) < 4.78 is 37.6. The van der Waals surface area contributed by atoms with Gasteiger partial charge >= 0.3 is 6.18 Å². The molecule has 1 aromatic heterocycles. The van der Waals surface area contributed by atoms with E-state index in [2.05, 4.69) is 10.3 Å². The van der Waals surface area contributed by atoms with E-state index in [0.717, 1.165) is 35.7 Å². The third-order valence-corrected chi connectivity index (χ3v) is 3.96. The zero-order valence-corrected chi connectivity index (χ0v) is 12.5. The SMILES string of the molecule is CCNC(Cc1ccc(C(F)(F)F)cc1)Cc1nccs1. The molecular weight excluding hydrogens is 297 g/mol. The van der Waals surface area contributed by atoms with E-state index in [1.54, 1.807) is 29.7 Å². The Balaban J connectivity index is 2.02. The van der Waals surface area contributed by atoms with Crippen LogP contribution in [0.1, 0.15) is 23.1 Å².